The van der Waals surface area contributed by atoms with E-state index in [-0.39, 0.29) is 18.0 Å². The van der Waals surface area contributed by atoms with Crippen LogP contribution in [-0.2, 0) is 16.9 Å². The Labute approximate surface area is 130 Å². The van der Waals surface area contributed by atoms with Crippen LogP contribution in [0.1, 0.15) is 19.4 Å². The third-order valence-corrected chi connectivity index (χ3v) is 3.37. The number of nitrogens with zero attached hydrogens (tertiary/aromatic N) is 1. The molecule has 0 aliphatic rings. The highest BCUT2D eigenvalue weighted by molar-refractivity contribution is 7.89. The Bertz CT molecular complexity index is 561. The van der Waals surface area contributed by atoms with Crippen molar-refractivity contribution in [2.45, 2.75) is 25.1 Å². The number of hydrogen-bond acceptors (Lipinski definition) is 5. The van der Waals surface area contributed by atoms with Crippen LogP contribution in [0.2, 0.25) is 0 Å². The van der Waals surface area contributed by atoms with Crippen LogP contribution >= 0.6 is 0 Å². The van der Waals surface area contributed by atoms with E-state index in [0.29, 0.717) is 11.3 Å². The summed E-state index contributed by atoms with van der Waals surface area (Å²) >= 11 is -1.19. The molecule has 0 bridgehead atoms. The number of nitro groups is 1. The number of carboxylic acid groups (broad SMARTS) is 1. The lowest BCUT2D eigenvalue weighted by Crippen LogP contribution is -2.47. The highest BCUT2D eigenvalue weighted by Gasteiger charge is 2.23. The second kappa shape index (κ2) is 7.32. The zero-order valence-corrected chi connectivity index (χ0v) is 13.3. The number of carbonyl (C=O) groups is 1. The molecule has 122 valence electrons. The Kier molecular flexibility index (Phi) is 6.01. The molecule has 0 spiro atoms. The Hall–Kier alpha value is -2.00. The predicted octanol–water partition coefficient (Wildman–Crippen LogP) is 1.90. The first kappa shape index (κ1) is 18.1. The lowest BCUT2D eigenvalue weighted by atomic mass is 10.1. The molecule has 22 heavy (non-hydrogen) atoms. The predicted molar refractivity (Wildman–Crippen MR) is 81.6 cm³/mol. The SMILES string of the molecule is C[S+]([O-])Cc1cc([N+](=O)[O-])ccc1OCC(C)(C)NC(=O)O. The summed E-state index contributed by atoms with van der Waals surface area (Å²) in [7, 11) is 0. The number of benzene rings is 1. The Morgan fingerprint density at radius 2 is 2.14 bits per heavy atom. The molecule has 1 aromatic carbocycles. The van der Waals surface area contributed by atoms with Crippen molar-refractivity contribution in [3.63, 3.8) is 0 Å². The summed E-state index contributed by atoms with van der Waals surface area (Å²) in [4.78, 5) is 20.9. The minimum atomic E-state index is -1.19. The molecular formula is C13H18N2O6S. The second-order valence-corrected chi connectivity index (χ2v) is 6.80. The number of amides is 1. The van der Waals surface area contributed by atoms with Crippen LogP contribution in [0.15, 0.2) is 18.2 Å². The van der Waals surface area contributed by atoms with Crippen molar-refractivity contribution in [1.82, 2.24) is 5.32 Å². The minimum absolute atomic E-state index is 0.0282. The molecular weight excluding hydrogens is 312 g/mol. The van der Waals surface area contributed by atoms with Crippen LogP contribution in [-0.4, -0.2) is 39.1 Å². The molecule has 1 atom stereocenters. The molecule has 8 nitrogen and oxygen atoms in total. The fourth-order valence-corrected chi connectivity index (χ4v) is 2.40. The molecule has 9 heteroatoms. The zero-order valence-electron chi connectivity index (χ0n) is 12.5. The van der Waals surface area contributed by atoms with Gasteiger partial charge in [0.05, 0.1) is 16.7 Å². The molecule has 0 fully saturated rings. The summed E-state index contributed by atoms with van der Waals surface area (Å²) in [5, 5.41) is 21.8. The minimum Gasteiger partial charge on any atom is -0.616 e. The molecule has 0 heterocycles. The number of nitrogens with one attached hydrogen (secondary N) is 1. The highest BCUT2D eigenvalue weighted by Crippen LogP contribution is 2.26. The number of non-ortho nitro benzene ring substituents is 1. The zero-order chi connectivity index (χ0) is 16.9. The van der Waals surface area contributed by atoms with E-state index in [1.54, 1.807) is 13.8 Å². The maximum absolute atomic E-state index is 11.4. The van der Waals surface area contributed by atoms with Crippen molar-refractivity contribution >= 4 is 23.0 Å². The fourth-order valence-electron chi connectivity index (χ4n) is 1.74. The molecule has 0 aromatic heterocycles. The number of rotatable bonds is 7. The van der Waals surface area contributed by atoms with Crippen molar-refractivity contribution < 1.29 is 24.1 Å². The van der Waals surface area contributed by atoms with E-state index in [4.69, 9.17) is 9.84 Å². The van der Waals surface area contributed by atoms with E-state index >= 15 is 0 Å². The van der Waals surface area contributed by atoms with Gasteiger partial charge in [-0.25, -0.2) is 4.79 Å². The summed E-state index contributed by atoms with van der Waals surface area (Å²) in [6.45, 7) is 3.31. The van der Waals surface area contributed by atoms with Gasteiger partial charge in [-0.2, -0.15) is 0 Å². The summed E-state index contributed by atoms with van der Waals surface area (Å²) in [6, 6.07) is 4.03. The maximum atomic E-state index is 11.4. The first-order valence-corrected chi connectivity index (χ1v) is 8.05. The average Bonchev–Trinajstić information content (AvgIpc) is 2.34. The van der Waals surface area contributed by atoms with Gasteiger partial charge < -0.3 is 19.7 Å². The summed E-state index contributed by atoms with van der Waals surface area (Å²) in [5.41, 5.74) is -0.507. The van der Waals surface area contributed by atoms with Crippen LogP contribution < -0.4 is 10.1 Å². The van der Waals surface area contributed by atoms with Crippen molar-refractivity contribution in [1.29, 1.82) is 0 Å². The van der Waals surface area contributed by atoms with Gasteiger partial charge in [0.1, 0.15) is 18.1 Å². The number of ether oxygens (including phenoxy) is 1. The Morgan fingerprint density at radius 3 is 2.64 bits per heavy atom. The lowest BCUT2D eigenvalue weighted by molar-refractivity contribution is -0.384. The van der Waals surface area contributed by atoms with Gasteiger partial charge in [0.15, 0.2) is 0 Å². The molecule has 2 N–H and O–H groups in total. The van der Waals surface area contributed by atoms with Crippen molar-refractivity contribution in [3.05, 3.63) is 33.9 Å². The third-order valence-electron chi connectivity index (χ3n) is 2.65. The smallest absolute Gasteiger partial charge is 0.405 e. The largest absolute Gasteiger partial charge is 0.616 e. The van der Waals surface area contributed by atoms with Crippen LogP contribution in [0.25, 0.3) is 0 Å². The topological polar surface area (TPSA) is 125 Å². The first-order chi connectivity index (χ1) is 10.1. The van der Waals surface area contributed by atoms with Gasteiger partial charge in [-0.05, 0) is 19.9 Å². The summed E-state index contributed by atoms with van der Waals surface area (Å²) in [5.74, 6) is 0.463. The van der Waals surface area contributed by atoms with E-state index in [0.717, 1.165) is 0 Å². The van der Waals surface area contributed by atoms with E-state index in [2.05, 4.69) is 5.32 Å². The molecule has 1 unspecified atom stereocenters. The Morgan fingerprint density at radius 1 is 1.50 bits per heavy atom. The van der Waals surface area contributed by atoms with Crippen LogP contribution in [0.4, 0.5) is 10.5 Å². The average molecular weight is 330 g/mol. The molecule has 0 aliphatic carbocycles. The first-order valence-electron chi connectivity index (χ1n) is 6.32. The molecule has 1 rings (SSSR count). The van der Waals surface area contributed by atoms with Gasteiger partial charge in [0.2, 0.25) is 0 Å². The van der Waals surface area contributed by atoms with Crippen LogP contribution in [0.3, 0.4) is 0 Å². The number of hydrogen-bond donors (Lipinski definition) is 2. The molecule has 1 aromatic rings. The van der Waals surface area contributed by atoms with E-state index in [1.807, 2.05) is 0 Å². The van der Waals surface area contributed by atoms with Crippen LogP contribution in [0.5, 0.6) is 5.75 Å². The van der Waals surface area contributed by atoms with Gasteiger partial charge >= 0.3 is 6.09 Å². The van der Waals surface area contributed by atoms with Crippen molar-refractivity contribution in [2.75, 3.05) is 12.9 Å². The molecule has 1 amide bonds. The van der Waals surface area contributed by atoms with Crippen molar-refractivity contribution in [2.24, 2.45) is 0 Å². The molecule has 0 saturated heterocycles. The summed E-state index contributed by atoms with van der Waals surface area (Å²) in [6.07, 6.45) is 0.311. The molecule has 0 radical (unpaired) electrons. The molecule has 0 aliphatic heterocycles. The van der Waals surface area contributed by atoms with Gasteiger partial charge in [0.25, 0.3) is 5.69 Å². The van der Waals surface area contributed by atoms with Gasteiger partial charge in [-0.15, -0.1) is 0 Å². The monoisotopic (exact) mass is 330 g/mol. The van der Waals surface area contributed by atoms with Gasteiger partial charge in [-0.3, -0.25) is 10.1 Å². The standard InChI is InChI=1S/C13H18N2O6S/c1-13(2,14-12(16)17)8-21-11-5-4-10(15(18)19)6-9(11)7-22(3)20/h4-6,14H,7-8H2,1-3H3,(H,16,17). The van der Waals surface area contributed by atoms with E-state index in [1.165, 1.54) is 24.5 Å². The normalized spacial score (nSPS) is 12.5. The van der Waals surface area contributed by atoms with Gasteiger partial charge in [0, 0.05) is 17.7 Å². The van der Waals surface area contributed by atoms with Crippen molar-refractivity contribution in [3.8, 4) is 5.75 Å². The summed E-state index contributed by atoms with van der Waals surface area (Å²) < 4.78 is 16.9. The maximum Gasteiger partial charge on any atom is 0.405 e. The lowest BCUT2D eigenvalue weighted by Gasteiger charge is -2.25. The van der Waals surface area contributed by atoms with E-state index in [9.17, 15) is 19.5 Å². The highest BCUT2D eigenvalue weighted by atomic mass is 32.2. The second-order valence-electron chi connectivity index (χ2n) is 5.37. The van der Waals surface area contributed by atoms with Crippen LogP contribution in [0, 0.1) is 10.1 Å². The van der Waals surface area contributed by atoms with Gasteiger partial charge in [-0.1, -0.05) is 11.2 Å². The third kappa shape index (κ3) is 5.78. The number of nitro benzene ring substituents is 1. The molecule has 0 saturated carbocycles. The van der Waals surface area contributed by atoms with E-state index < -0.39 is 27.7 Å². The Balaban J connectivity index is 2.93. The quantitative estimate of drug-likeness (QED) is 0.447. The fraction of sp³-hybridized carbons (Fsp3) is 0.462.